The summed E-state index contributed by atoms with van der Waals surface area (Å²) in [4.78, 5) is 28.9. The van der Waals surface area contributed by atoms with Gasteiger partial charge in [0, 0.05) is 37.7 Å². The number of carbonyl (C=O) groups excluding carboxylic acids is 2. The summed E-state index contributed by atoms with van der Waals surface area (Å²) >= 11 is 11.9. The molecule has 0 unspecified atom stereocenters. The maximum atomic E-state index is 12.9. The highest BCUT2D eigenvalue weighted by Gasteiger charge is 2.28. The van der Waals surface area contributed by atoms with Crippen molar-refractivity contribution in [2.45, 2.75) is 25.8 Å². The number of rotatable bonds is 4. The SMILES string of the molecule is O=C(COc1ccc(Cl)cc1Cl)N1CCN(C(=O)c2cnn3c2CCCC3)CC1. The number of nitrogens with zero attached hydrogens (tertiary/aromatic N) is 4. The average molecular weight is 437 g/mol. The van der Waals surface area contributed by atoms with Gasteiger partial charge in [-0.05, 0) is 37.5 Å². The monoisotopic (exact) mass is 436 g/mol. The van der Waals surface area contributed by atoms with Crippen LogP contribution in [0.15, 0.2) is 24.4 Å². The molecule has 1 aromatic heterocycles. The Morgan fingerprint density at radius 2 is 1.79 bits per heavy atom. The van der Waals surface area contributed by atoms with Gasteiger partial charge in [0.15, 0.2) is 6.61 Å². The van der Waals surface area contributed by atoms with E-state index in [1.54, 1.807) is 34.2 Å². The number of hydrogen-bond acceptors (Lipinski definition) is 4. The first kappa shape index (κ1) is 20.0. The second-order valence-electron chi connectivity index (χ2n) is 7.22. The van der Waals surface area contributed by atoms with Crippen LogP contribution in [0, 0.1) is 0 Å². The van der Waals surface area contributed by atoms with Gasteiger partial charge in [-0.25, -0.2) is 0 Å². The molecule has 0 N–H and O–H groups in total. The van der Waals surface area contributed by atoms with Gasteiger partial charge in [0.2, 0.25) is 0 Å². The van der Waals surface area contributed by atoms with Gasteiger partial charge in [0.1, 0.15) is 5.75 Å². The molecule has 1 fully saturated rings. The molecular formula is C20H22Cl2N4O3. The van der Waals surface area contributed by atoms with Gasteiger partial charge < -0.3 is 14.5 Å². The predicted molar refractivity (Wildman–Crippen MR) is 110 cm³/mol. The molecule has 3 heterocycles. The lowest BCUT2D eigenvalue weighted by Gasteiger charge is -2.34. The average Bonchev–Trinajstić information content (AvgIpc) is 3.17. The third-order valence-electron chi connectivity index (χ3n) is 5.38. The zero-order valence-corrected chi connectivity index (χ0v) is 17.5. The summed E-state index contributed by atoms with van der Waals surface area (Å²) in [6.45, 7) is 2.72. The van der Waals surface area contributed by atoms with Crippen LogP contribution >= 0.6 is 23.2 Å². The van der Waals surface area contributed by atoms with Gasteiger partial charge >= 0.3 is 0 Å². The molecular weight excluding hydrogens is 415 g/mol. The third-order valence-corrected chi connectivity index (χ3v) is 5.91. The first-order valence-electron chi connectivity index (χ1n) is 9.72. The zero-order valence-electron chi connectivity index (χ0n) is 15.9. The van der Waals surface area contributed by atoms with Gasteiger partial charge in [-0.15, -0.1) is 0 Å². The lowest BCUT2D eigenvalue weighted by Crippen LogP contribution is -2.51. The molecule has 0 spiro atoms. The number of aryl methyl sites for hydroxylation is 1. The molecule has 2 aliphatic rings. The number of fused-ring (bicyclic) bond motifs is 1. The molecule has 7 nitrogen and oxygen atoms in total. The van der Waals surface area contributed by atoms with E-state index in [0.717, 1.165) is 31.5 Å². The normalized spacial score (nSPS) is 16.5. The van der Waals surface area contributed by atoms with E-state index in [-0.39, 0.29) is 18.4 Å². The van der Waals surface area contributed by atoms with E-state index in [0.29, 0.717) is 47.5 Å². The number of amides is 2. The minimum atomic E-state index is -0.133. The van der Waals surface area contributed by atoms with E-state index in [9.17, 15) is 9.59 Å². The number of benzene rings is 1. The zero-order chi connectivity index (χ0) is 20.4. The Hall–Kier alpha value is -2.25. The summed E-state index contributed by atoms with van der Waals surface area (Å²) in [6.07, 6.45) is 4.77. The Labute approximate surface area is 179 Å². The largest absolute Gasteiger partial charge is 0.482 e. The Morgan fingerprint density at radius 3 is 2.55 bits per heavy atom. The molecule has 154 valence electrons. The van der Waals surface area contributed by atoms with Crippen molar-refractivity contribution in [1.29, 1.82) is 0 Å². The molecule has 0 atom stereocenters. The van der Waals surface area contributed by atoms with Crippen LogP contribution in [0.5, 0.6) is 5.75 Å². The smallest absolute Gasteiger partial charge is 0.260 e. The van der Waals surface area contributed by atoms with E-state index in [1.807, 2.05) is 4.68 Å². The Balaban J connectivity index is 1.30. The summed E-state index contributed by atoms with van der Waals surface area (Å²) in [6, 6.07) is 4.87. The summed E-state index contributed by atoms with van der Waals surface area (Å²) in [5.41, 5.74) is 1.73. The molecule has 4 rings (SSSR count). The molecule has 29 heavy (non-hydrogen) atoms. The second-order valence-corrected chi connectivity index (χ2v) is 8.07. The standard InChI is InChI=1S/C20H22Cl2N4O3/c21-14-4-5-18(16(22)11-14)29-13-19(27)24-7-9-25(10-8-24)20(28)15-12-23-26-6-2-1-3-17(15)26/h4-5,11-12H,1-3,6-10,13H2. The molecule has 2 aliphatic heterocycles. The fourth-order valence-corrected chi connectivity index (χ4v) is 4.22. The van der Waals surface area contributed by atoms with Crippen LogP contribution in [0.3, 0.4) is 0 Å². The maximum Gasteiger partial charge on any atom is 0.260 e. The fourth-order valence-electron chi connectivity index (χ4n) is 3.75. The van der Waals surface area contributed by atoms with Crippen LogP contribution in [0.4, 0.5) is 0 Å². The van der Waals surface area contributed by atoms with E-state index < -0.39 is 0 Å². The van der Waals surface area contributed by atoms with Crippen molar-refractivity contribution in [2.75, 3.05) is 32.8 Å². The van der Waals surface area contributed by atoms with Crippen LogP contribution < -0.4 is 4.74 Å². The molecule has 1 saturated heterocycles. The van der Waals surface area contributed by atoms with Gasteiger partial charge in [-0.3, -0.25) is 14.3 Å². The number of ether oxygens (including phenoxy) is 1. The molecule has 0 saturated carbocycles. The van der Waals surface area contributed by atoms with Crippen LogP contribution in [0.2, 0.25) is 10.0 Å². The molecule has 0 radical (unpaired) electrons. The Kier molecular flexibility index (Phi) is 5.96. The number of aromatic nitrogens is 2. The highest BCUT2D eigenvalue weighted by molar-refractivity contribution is 6.35. The number of carbonyl (C=O) groups is 2. The van der Waals surface area contributed by atoms with Crippen molar-refractivity contribution in [3.05, 3.63) is 45.7 Å². The lowest BCUT2D eigenvalue weighted by atomic mass is 10.1. The van der Waals surface area contributed by atoms with Crippen LogP contribution in [-0.2, 0) is 17.8 Å². The van der Waals surface area contributed by atoms with Crippen molar-refractivity contribution in [1.82, 2.24) is 19.6 Å². The lowest BCUT2D eigenvalue weighted by molar-refractivity contribution is -0.134. The van der Waals surface area contributed by atoms with E-state index in [2.05, 4.69) is 5.10 Å². The fraction of sp³-hybridized carbons (Fsp3) is 0.450. The Morgan fingerprint density at radius 1 is 1.03 bits per heavy atom. The van der Waals surface area contributed by atoms with Crippen LogP contribution in [-0.4, -0.2) is 64.2 Å². The van der Waals surface area contributed by atoms with E-state index in [1.165, 1.54) is 0 Å². The summed E-state index contributed by atoms with van der Waals surface area (Å²) in [7, 11) is 0. The summed E-state index contributed by atoms with van der Waals surface area (Å²) in [5.74, 6) is 0.291. The minimum Gasteiger partial charge on any atom is -0.482 e. The van der Waals surface area contributed by atoms with Crippen molar-refractivity contribution >= 4 is 35.0 Å². The first-order valence-corrected chi connectivity index (χ1v) is 10.5. The van der Waals surface area contributed by atoms with E-state index >= 15 is 0 Å². The highest BCUT2D eigenvalue weighted by atomic mass is 35.5. The number of piperazine rings is 1. The molecule has 2 aromatic rings. The quantitative estimate of drug-likeness (QED) is 0.738. The first-order chi connectivity index (χ1) is 14.0. The van der Waals surface area contributed by atoms with Crippen molar-refractivity contribution in [3.63, 3.8) is 0 Å². The van der Waals surface area contributed by atoms with Crippen molar-refractivity contribution < 1.29 is 14.3 Å². The second kappa shape index (κ2) is 8.63. The topological polar surface area (TPSA) is 67.7 Å². The summed E-state index contributed by atoms with van der Waals surface area (Å²) in [5, 5.41) is 5.22. The maximum absolute atomic E-state index is 12.9. The van der Waals surface area contributed by atoms with Gasteiger partial charge in [0.05, 0.1) is 22.5 Å². The molecule has 0 bridgehead atoms. The van der Waals surface area contributed by atoms with Crippen LogP contribution in [0.25, 0.3) is 0 Å². The number of halogens is 2. The highest BCUT2D eigenvalue weighted by Crippen LogP contribution is 2.27. The van der Waals surface area contributed by atoms with Gasteiger partial charge in [-0.2, -0.15) is 5.10 Å². The molecule has 0 aliphatic carbocycles. The van der Waals surface area contributed by atoms with Crippen molar-refractivity contribution in [3.8, 4) is 5.75 Å². The van der Waals surface area contributed by atoms with Crippen molar-refractivity contribution in [2.24, 2.45) is 0 Å². The predicted octanol–water partition coefficient (Wildman–Crippen LogP) is 2.89. The minimum absolute atomic E-state index is 0.00412. The number of hydrogen-bond donors (Lipinski definition) is 0. The van der Waals surface area contributed by atoms with Gasteiger partial charge in [-0.1, -0.05) is 23.2 Å². The summed E-state index contributed by atoms with van der Waals surface area (Å²) < 4.78 is 7.47. The van der Waals surface area contributed by atoms with Gasteiger partial charge in [0.25, 0.3) is 11.8 Å². The molecule has 1 aromatic carbocycles. The molecule has 2 amide bonds. The molecule has 9 heteroatoms. The third kappa shape index (κ3) is 4.36. The van der Waals surface area contributed by atoms with E-state index in [4.69, 9.17) is 27.9 Å². The Bertz CT molecular complexity index is 922. The van der Waals surface area contributed by atoms with Crippen LogP contribution in [0.1, 0.15) is 28.9 Å².